The van der Waals surface area contributed by atoms with Crippen LogP contribution in [0.1, 0.15) is 17.3 Å². The molecule has 8 heteroatoms. The zero-order chi connectivity index (χ0) is 23.6. The molecule has 2 N–H and O–H groups in total. The van der Waals surface area contributed by atoms with E-state index in [1.165, 1.54) is 14.0 Å². The lowest BCUT2D eigenvalue weighted by Crippen LogP contribution is -2.35. The molecule has 0 aliphatic heterocycles. The van der Waals surface area contributed by atoms with Crippen molar-refractivity contribution in [2.24, 2.45) is 0 Å². The normalized spacial score (nSPS) is 11.1. The zero-order valence-corrected chi connectivity index (χ0v) is 18.2. The molecule has 33 heavy (non-hydrogen) atoms. The maximum Gasteiger partial charge on any atom is 0.326 e. The Morgan fingerprint density at radius 1 is 0.848 bits per heavy atom. The van der Waals surface area contributed by atoms with Crippen LogP contribution in [0.2, 0.25) is 0 Å². The number of carbonyl (C=O) groups is 3. The van der Waals surface area contributed by atoms with Gasteiger partial charge in [-0.3, -0.25) is 14.4 Å². The number of amides is 2. The van der Waals surface area contributed by atoms with Gasteiger partial charge in [-0.15, -0.1) is 0 Å². The molecule has 0 saturated carbocycles. The minimum Gasteiger partial charge on any atom is -0.497 e. The zero-order valence-electron chi connectivity index (χ0n) is 18.2. The summed E-state index contributed by atoms with van der Waals surface area (Å²) in [5.74, 6) is 0.148. The molecule has 0 fully saturated rings. The molecule has 8 nitrogen and oxygen atoms in total. The van der Waals surface area contributed by atoms with Gasteiger partial charge in [0.1, 0.15) is 23.8 Å². The summed E-state index contributed by atoms with van der Waals surface area (Å²) in [5.41, 5.74) is 0.863. The monoisotopic (exact) mass is 448 g/mol. The van der Waals surface area contributed by atoms with Crippen LogP contribution in [0.15, 0.2) is 78.9 Å². The number of para-hydroxylation sites is 1. The summed E-state index contributed by atoms with van der Waals surface area (Å²) >= 11 is 0. The summed E-state index contributed by atoms with van der Waals surface area (Å²) < 4.78 is 15.9. The molecule has 0 saturated heterocycles. The molecule has 1 unspecified atom stereocenters. The minimum atomic E-state index is -1.05. The van der Waals surface area contributed by atoms with Gasteiger partial charge in [-0.2, -0.15) is 0 Å². The largest absolute Gasteiger partial charge is 0.497 e. The Balaban J connectivity index is 1.44. The van der Waals surface area contributed by atoms with Crippen molar-refractivity contribution in [3.63, 3.8) is 0 Å². The highest BCUT2D eigenvalue weighted by Crippen LogP contribution is 2.22. The van der Waals surface area contributed by atoms with Crippen LogP contribution in [-0.4, -0.2) is 37.5 Å². The number of hydrogen-bond acceptors (Lipinski definition) is 6. The lowest BCUT2D eigenvalue weighted by atomic mass is 10.2. The van der Waals surface area contributed by atoms with E-state index in [0.29, 0.717) is 28.5 Å². The molecule has 0 spiro atoms. The highest BCUT2D eigenvalue weighted by atomic mass is 16.5. The fourth-order valence-corrected chi connectivity index (χ4v) is 2.79. The molecule has 1 atom stereocenters. The van der Waals surface area contributed by atoms with Crippen LogP contribution in [-0.2, 0) is 14.3 Å². The molecule has 3 aromatic carbocycles. The van der Waals surface area contributed by atoms with Gasteiger partial charge in [0.25, 0.3) is 11.8 Å². The number of esters is 1. The SMILES string of the molecule is COc1cccc(C(=O)NCC(=O)OC(C)C(=O)Nc2ccc(Oc3ccccc3)cc2)c1. The van der Waals surface area contributed by atoms with E-state index < -0.39 is 23.9 Å². The number of carbonyl (C=O) groups excluding carboxylic acids is 3. The summed E-state index contributed by atoms with van der Waals surface area (Å²) in [6.07, 6.45) is -1.05. The molecule has 3 rings (SSSR count). The molecule has 0 aliphatic carbocycles. The van der Waals surface area contributed by atoms with Crippen molar-refractivity contribution >= 4 is 23.5 Å². The van der Waals surface area contributed by atoms with E-state index in [0.717, 1.165) is 0 Å². The van der Waals surface area contributed by atoms with Crippen LogP contribution < -0.4 is 20.1 Å². The topological polar surface area (TPSA) is 103 Å². The van der Waals surface area contributed by atoms with Crippen molar-refractivity contribution in [2.45, 2.75) is 13.0 Å². The fraction of sp³-hybridized carbons (Fsp3) is 0.160. The van der Waals surface area contributed by atoms with E-state index in [9.17, 15) is 14.4 Å². The summed E-state index contributed by atoms with van der Waals surface area (Å²) in [6, 6.07) is 22.6. The number of methoxy groups -OCH3 is 1. The number of ether oxygens (including phenoxy) is 3. The first kappa shape index (κ1) is 23.3. The van der Waals surface area contributed by atoms with Crippen LogP contribution in [0, 0.1) is 0 Å². The molecular formula is C25H24N2O6. The second kappa shape index (κ2) is 11.3. The molecule has 0 heterocycles. The van der Waals surface area contributed by atoms with Crippen LogP contribution in [0.3, 0.4) is 0 Å². The van der Waals surface area contributed by atoms with Gasteiger partial charge in [0.2, 0.25) is 0 Å². The molecule has 0 aromatic heterocycles. The van der Waals surface area contributed by atoms with Crippen LogP contribution in [0.4, 0.5) is 5.69 Å². The predicted molar refractivity (Wildman–Crippen MR) is 122 cm³/mol. The van der Waals surface area contributed by atoms with Crippen molar-refractivity contribution in [2.75, 3.05) is 19.0 Å². The van der Waals surface area contributed by atoms with Crippen LogP contribution >= 0.6 is 0 Å². The molecule has 3 aromatic rings. The number of benzene rings is 3. The fourth-order valence-electron chi connectivity index (χ4n) is 2.79. The van der Waals surface area contributed by atoms with Gasteiger partial charge in [0.15, 0.2) is 6.10 Å². The van der Waals surface area contributed by atoms with Gasteiger partial charge >= 0.3 is 5.97 Å². The number of anilines is 1. The Bertz CT molecular complexity index is 1100. The van der Waals surface area contributed by atoms with Gasteiger partial charge in [-0.1, -0.05) is 24.3 Å². The van der Waals surface area contributed by atoms with E-state index in [2.05, 4.69) is 10.6 Å². The van der Waals surface area contributed by atoms with Crippen LogP contribution in [0.25, 0.3) is 0 Å². The van der Waals surface area contributed by atoms with E-state index in [1.807, 2.05) is 30.3 Å². The Morgan fingerprint density at radius 3 is 2.21 bits per heavy atom. The van der Waals surface area contributed by atoms with Gasteiger partial charge < -0.3 is 24.8 Å². The molecule has 170 valence electrons. The minimum absolute atomic E-state index is 0.340. The van der Waals surface area contributed by atoms with E-state index >= 15 is 0 Å². The third-order valence-electron chi connectivity index (χ3n) is 4.50. The first-order valence-corrected chi connectivity index (χ1v) is 10.2. The maximum atomic E-state index is 12.3. The molecule has 0 aliphatic rings. The highest BCUT2D eigenvalue weighted by Gasteiger charge is 2.19. The first-order valence-electron chi connectivity index (χ1n) is 10.2. The van der Waals surface area contributed by atoms with E-state index in [1.54, 1.807) is 48.5 Å². The van der Waals surface area contributed by atoms with E-state index in [4.69, 9.17) is 14.2 Å². The van der Waals surface area contributed by atoms with Gasteiger partial charge in [0, 0.05) is 11.3 Å². The standard InChI is InChI=1S/C25H24N2O6/c1-17(32-23(28)16-26-25(30)18-7-6-10-22(15-18)31-2)24(29)27-19-11-13-21(14-12-19)33-20-8-4-3-5-9-20/h3-15,17H,16H2,1-2H3,(H,26,30)(H,27,29). The molecule has 0 radical (unpaired) electrons. The first-order chi connectivity index (χ1) is 15.9. The number of rotatable bonds is 9. The van der Waals surface area contributed by atoms with Gasteiger partial charge in [-0.05, 0) is 61.5 Å². The molecule has 0 bridgehead atoms. The Labute approximate surface area is 191 Å². The summed E-state index contributed by atoms with van der Waals surface area (Å²) in [5, 5.41) is 5.12. The number of nitrogens with one attached hydrogen (secondary N) is 2. The van der Waals surface area contributed by atoms with E-state index in [-0.39, 0.29) is 6.54 Å². The Kier molecular flexibility index (Phi) is 8.02. The number of hydrogen-bond donors (Lipinski definition) is 2. The molecule has 2 amide bonds. The highest BCUT2D eigenvalue weighted by molar-refractivity contribution is 5.97. The lowest BCUT2D eigenvalue weighted by molar-refractivity contribution is -0.152. The molecular weight excluding hydrogens is 424 g/mol. The van der Waals surface area contributed by atoms with Crippen LogP contribution in [0.5, 0.6) is 17.2 Å². The Morgan fingerprint density at radius 2 is 1.52 bits per heavy atom. The second-order valence-electron chi connectivity index (χ2n) is 6.98. The Hall–Kier alpha value is -4.33. The maximum absolute atomic E-state index is 12.3. The average molecular weight is 448 g/mol. The van der Waals surface area contributed by atoms with Crippen molar-refractivity contribution in [3.8, 4) is 17.2 Å². The third kappa shape index (κ3) is 7.10. The van der Waals surface area contributed by atoms with Gasteiger partial charge in [-0.25, -0.2) is 0 Å². The quantitative estimate of drug-likeness (QED) is 0.483. The van der Waals surface area contributed by atoms with Crippen molar-refractivity contribution < 1.29 is 28.6 Å². The second-order valence-corrected chi connectivity index (χ2v) is 6.98. The summed E-state index contributed by atoms with van der Waals surface area (Å²) in [4.78, 5) is 36.5. The average Bonchev–Trinajstić information content (AvgIpc) is 2.84. The third-order valence-corrected chi connectivity index (χ3v) is 4.50. The predicted octanol–water partition coefficient (Wildman–Crippen LogP) is 3.79. The summed E-state index contributed by atoms with van der Waals surface area (Å²) in [6.45, 7) is 1.07. The lowest BCUT2D eigenvalue weighted by Gasteiger charge is -2.14. The van der Waals surface area contributed by atoms with Crippen molar-refractivity contribution in [1.29, 1.82) is 0 Å². The van der Waals surface area contributed by atoms with Crippen molar-refractivity contribution in [3.05, 3.63) is 84.4 Å². The van der Waals surface area contributed by atoms with Crippen molar-refractivity contribution in [1.82, 2.24) is 5.32 Å². The van der Waals surface area contributed by atoms with Gasteiger partial charge in [0.05, 0.1) is 7.11 Å². The summed E-state index contributed by atoms with van der Waals surface area (Å²) in [7, 11) is 1.49. The smallest absolute Gasteiger partial charge is 0.326 e.